The Balaban J connectivity index is 1.55. The lowest BCUT2D eigenvalue weighted by Gasteiger charge is -2.34. The second-order valence-electron chi connectivity index (χ2n) is 17.9. The highest BCUT2D eigenvalue weighted by atomic mass is 32.2. The Bertz CT molecular complexity index is 3360. The highest BCUT2D eigenvalue weighted by Gasteiger charge is 2.42. The Labute approximate surface area is 414 Å². The fourth-order valence-corrected chi connectivity index (χ4v) is 11.5. The van der Waals surface area contributed by atoms with Crippen LogP contribution in [0.4, 0.5) is 5.69 Å². The SMILES string of the molecule is C=C(/C=C/C=C/C=C/C=C1/N(CCCCCC(=O)O)c2ccc3c(C(=O)NCCOC)cc(S(=O)(=O)O)cc3c2C1(C)C)C(C)(CCCS(=O)(=O)O)c1c(C)ccc2c(S(=O)(=O)O)cc(S(=O)(=O)O)cc12. The van der Waals surface area contributed by atoms with E-state index in [1.54, 1.807) is 62.4 Å². The molecule has 0 bridgehead atoms. The number of carbonyl (C=O) groups excluding carboxylic acids is 1. The number of anilines is 1. The van der Waals surface area contributed by atoms with Gasteiger partial charge in [-0.05, 0) is 107 Å². The topological polar surface area (TPSA) is 296 Å². The minimum Gasteiger partial charge on any atom is -0.481 e. The van der Waals surface area contributed by atoms with E-state index in [1.807, 2.05) is 26.0 Å². The third kappa shape index (κ3) is 13.3. The highest BCUT2D eigenvalue weighted by molar-refractivity contribution is 7.87. The van der Waals surface area contributed by atoms with Crippen LogP contribution in [-0.4, -0.2) is 101 Å². The van der Waals surface area contributed by atoms with E-state index in [1.165, 1.54) is 19.2 Å². The third-order valence-electron chi connectivity index (χ3n) is 12.5. The quantitative estimate of drug-likeness (QED) is 0.0234. The van der Waals surface area contributed by atoms with Crippen LogP contribution in [0.15, 0.2) is 124 Å². The number of nitrogens with one attached hydrogen (secondary N) is 1. The molecule has 0 aliphatic carbocycles. The number of aryl methyl sites for hydroxylation is 1. The van der Waals surface area contributed by atoms with E-state index in [0.29, 0.717) is 64.9 Å². The van der Waals surface area contributed by atoms with Crippen molar-refractivity contribution in [3.8, 4) is 0 Å². The maximum Gasteiger partial charge on any atom is 0.303 e. The maximum absolute atomic E-state index is 13.5. The Kier molecular flexibility index (Phi) is 17.5. The van der Waals surface area contributed by atoms with Crippen LogP contribution in [0.3, 0.4) is 0 Å². The Morgan fingerprint density at radius 3 is 2.01 bits per heavy atom. The van der Waals surface area contributed by atoms with E-state index in [0.717, 1.165) is 23.5 Å². The van der Waals surface area contributed by atoms with Crippen LogP contribution in [0.5, 0.6) is 0 Å². The molecule has 1 aliphatic heterocycles. The van der Waals surface area contributed by atoms with Crippen LogP contribution in [-0.2, 0) is 60.8 Å². The molecule has 0 fully saturated rings. The highest BCUT2D eigenvalue weighted by Crippen LogP contribution is 2.52. The molecule has 4 aromatic rings. The molecule has 1 atom stereocenters. The smallest absolute Gasteiger partial charge is 0.303 e. The number of carboxylic acid groups (broad SMARTS) is 1. The number of rotatable bonds is 23. The molecule has 0 radical (unpaired) electrons. The number of allylic oxidation sites excluding steroid dienone is 9. The summed E-state index contributed by atoms with van der Waals surface area (Å²) in [5.74, 6) is -2.12. The molecule has 6 N–H and O–H groups in total. The van der Waals surface area contributed by atoms with E-state index in [2.05, 4.69) is 16.8 Å². The fourth-order valence-electron chi connectivity index (χ4n) is 9.16. The van der Waals surface area contributed by atoms with Crippen molar-refractivity contribution < 1.29 is 71.3 Å². The maximum atomic E-state index is 13.5. The van der Waals surface area contributed by atoms with Gasteiger partial charge in [-0.1, -0.05) is 88.4 Å². The number of amides is 1. The van der Waals surface area contributed by atoms with E-state index in [9.17, 15) is 66.6 Å². The average Bonchev–Trinajstić information content (AvgIpc) is 3.47. The number of methoxy groups -OCH3 is 1. The summed E-state index contributed by atoms with van der Waals surface area (Å²) in [6, 6.07) is 10.6. The predicted octanol–water partition coefficient (Wildman–Crippen LogP) is 7.89. The number of unbranched alkanes of at least 4 members (excludes halogenated alkanes) is 2. The van der Waals surface area contributed by atoms with Crippen LogP contribution in [0, 0.1) is 6.92 Å². The molecule has 0 spiro atoms. The third-order valence-corrected chi connectivity index (χ3v) is 15.9. The normalized spacial score (nSPS) is 15.9. The molecule has 1 amide bonds. The minimum atomic E-state index is -5.04. The zero-order valence-electron chi connectivity index (χ0n) is 39.7. The van der Waals surface area contributed by atoms with Gasteiger partial charge in [-0.3, -0.25) is 27.8 Å². The molecule has 22 heteroatoms. The Morgan fingerprint density at radius 2 is 1.39 bits per heavy atom. The molecule has 4 aromatic carbocycles. The van der Waals surface area contributed by atoms with Gasteiger partial charge in [0.1, 0.15) is 4.90 Å². The lowest BCUT2D eigenvalue weighted by Crippen LogP contribution is -2.27. The zero-order chi connectivity index (χ0) is 52.9. The van der Waals surface area contributed by atoms with Gasteiger partial charge in [0.15, 0.2) is 0 Å². The number of carboxylic acids is 1. The lowest BCUT2D eigenvalue weighted by molar-refractivity contribution is -0.137. The van der Waals surface area contributed by atoms with Crippen molar-refractivity contribution in [3.63, 3.8) is 0 Å². The van der Waals surface area contributed by atoms with Crippen molar-refractivity contribution >= 4 is 79.6 Å². The largest absolute Gasteiger partial charge is 0.481 e. The minimum absolute atomic E-state index is 0.00574. The van der Waals surface area contributed by atoms with E-state index < -0.39 is 83.6 Å². The second kappa shape index (κ2) is 22.1. The first-order valence-corrected chi connectivity index (χ1v) is 28.1. The van der Waals surface area contributed by atoms with Crippen molar-refractivity contribution in [2.75, 3.05) is 37.5 Å². The van der Waals surface area contributed by atoms with Crippen molar-refractivity contribution in [2.24, 2.45) is 0 Å². The number of nitrogens with zero attached hydrogens (tertiary/aromatic N) is 1. The molecule has 0 aromatic heterocycles. The summed E-state index contributed by atoms with van der Waals surface area (Å²) >= 11 is 0. The van der Waals surface area contributed by atoms with Crippen LogP contribution in [0.1, 0.15) is 86.3 Å². The first kappa shape index (κ1) is 56.4. The molecule has 0 saturated carbocycles. The molecular weight excluding hydrogens is 1000 g/mol. The number of benzene rings is 4. The predicted molar refractivity (Wildman–Crippen MR) is 270 cm³/mol. The number of hydrogen-bond donors (Lipinski definition) is 6. The monoisotopic (exact) mass is 1060 g/mol. The first-order valence-electron chi connectivity index (χ1n) is 22.2. The van der Waals surface area contributed by atoms with E-state index >= 15 is 0 Å². The van der Waals surface area contributed by atoms with Gasteiger partial charge >= 0.3 is 5.97 Å². The number of fused-ring (bicyclic) bond motifs is 4. The number of ether oxygens (including phenoxy) is 1. The standard InChI is InChI=1S/C49H58N2O16S4/c1-32-19-20-37-39(29-35(70(61,62)63)31-42(37)71(64,65)66)45(32)49(5,23-15-27-68(55,56)57)33(2)16-11-8-7-9-12-17-43-48(3,4)46-38-28-34(69(58,59)60)30-40(47(54)50-24-26-67-6)36(38)21-22-41(46)51(43)25-14-10-13-18-44(52)53/h7-9,11-12,16-17,19-22,28-31H,2,10,13-15,18,23-27H2,1,3-6H3,(H,50,54)(H,52,53)(H,55,56,57)(H,58,59,60)(H,61,62,63)(H,64,65,66)/b8-7+,12-9+,16-11+,43-17+. The number of carbonyl (C=O) groups is 2. The summed E-state index contributed by atoms with van der Waals surface area (Å²) in [6.45, 7) is 12.3. The molecule has 1 unspecified atom stereocenters. The van der Waals surface area contributed by atoms with Gasteiger partial charge in [-0.15, -0.1) is 0 Å². The van der Waals surface area contributed by atoms with Gasteiger partial charge in [0.05, 0.1) is 22.2 Å². The van der Waals surface area contributed by atoms with Gasteiger partial charge in [0, 0.05) is 59.8 Å². The summed E-state index contributed by atoms with van der Waals surface area (Å²) in [6.07, 6.45) is 13.5. The van der Waals surface area contributed by atoms with Crippen molar-refractivity contribution in [3.05, 3.63) is 131 Å². The van der Waals surface area contributed by atoms with Crippen LogP contribution < -0.4 is 10.2 Å². The van der Waals surface area contributed by atoms with E-state index in [4.69, 9.17) is 4.74 Å². The Morgan fingerprint density at radius 1 is 0.775 bits per heavy atom. The molecule has 0 saturated heterocycles. The second-order valence-corrected chi connectivity index (χ2v) is 23.7. The first-order chi connectivity index (χ1) is 32.9. The van der Waals surface area contributed by atoms with E-state index in [-0.39, 0.29) is 48.8 Å². The summed E-state index contributed by atoms with van der Waals surface area (Å²) in [4.78, 5) is 24.7. The van der Waals surface area contributed by atoms with Gasteiger partial charge in [0.2, 0.25) is 0 Å². The van der Waals surface area contributed by atoms with Gasteiger partial charge in [-0.25, -0.2) is 0 Å². The van der Waals surface area contributed by atoms with Gasteiger partial charge < -0.3 is 20.1 Å². The zero-order valence-corrected chi connectivity index (χ0v) is 43.0. The summed E-state index contributed by atoms with van der Waals surface area (Å²) in [7, 11) is -17.8. The molecule has 5 rings (SSSR count). The van der Waals surface area contributed by atoms with Crippen LogP contribution >= 0.6 is 0 Å². The van der Waals surface area contributed by atoms with Crippen molar-refractivity contribution in [2.45, 2.75) is 91.7 Å². The number of aliphatic carboxylic acids is 1. The van der Waals surface area contributed by atoms with Crippen LogP contribution in [0.25, 0.3) is 21.5 Å². The molecule has 71 heavy (non-hydrogen) atoms. The van der Waals surface area contributed by atoms with Crippen molar-refractivity contribution in [1.82, 2.24) is 5.32 Å². The van der Waals surface area contributed by atoms with Crippen LogP contribution in [0.2, 0.25) is 0 Å². The fraction of sp³-hybridized carbons (Fsp3) is 0.347. The summed E-state index contributed by atoms with van der Waals surface area (Å²) < 4.78 is 144. The molecule has 1 aliphatic rings. The Hall–Kier alpha value is -5.56. The van der Waals surface area contributed by atoms with Gasteiger partial charge in [-0.2, -0.15) is 33.7 Å². The molecule has 384 valence electrons. The molecule has 1 heterocycles. The number of hydrogen-bond acceptors (Lipinski definition) is 12. The summed E-state index contributed by atoms with van der Waals surface area (Å²) in [5, 5.41) is 12.7. The van der Waals surface area contributed by atoms with Crippen molar-refractivity contribution in [1.29, 1.82) is 0 Å². The van der Waals surface area contributed by atoms with Gasteiger partial charge in [0.25, 0.3) is 46.4 Å². The average molecular weight is 1060 g/mol. The lowest BCUT2D eigenvalue weighted by atomic mass is 9.70. The molecular formula is C49H58N2O16S4. The summed E-state index contributed by atoms with van der Waals surface area (Å²) in [5.41, 5.74) is 1.32. The molecule has 18 nitrogen and oxygen atoms in total.